The second kappa shape index (κ2) is 8.32. The molecule has 110 valence electrons. The Kier molecular flexibility index (Phi) is 6.43. The van der Waals surface area contributed by atoms with Gasteiger partial charge in [-0.15, -0.1) is 35.0 Å². The first kappa shape index (κ1) is 16.2. The Labute approximate surface area is 138 Å². The third-order valence-electron chi connectivity index (χ3n) is 2.81. The van der Waals surface area contributed by atoms with E-state index < -0.39 is 4.84 Å². The van der Waals surface area contributed by atoms with Crippen LogP contribution in [0.4, 0.5) is 0 Å². The lowest BCUT2D eigenvalue weighted by Crippen LogP contribution is -2.36. The fraction of sp³-hybridized carbons (Fsp3) is 0.188. The Bertz CT molecular complexity index is 563. The Morgan fingerprint density at radius 2 is 1.57 bits per heavy atom. The number of rotatable bonds is 6. The summed E-state index contributed by atoms with van der Waals surface area (Å²) in [5.41, 5.74) is 1.76. The predicted octanol–water partition coefficient (Wildman–Crippen LogP) is 4.48. The number of benzene rings is 2. The predicted molar refractivity (Wildman–Crippen MR) is 90.9 cm³/mol. The lowest BCUT2D eigenvalue weighted by molar-refractivity contribution is 0.0951. The van der Waals surface area contributed by atoms with Crippen LogP contribution in [0.1, 0.15) is 15.9 Å². The number of alkyl halides is 2. The number of hydrogen-bond acceptors (Lipinski definition) is 2. The van der Waals surface area contributed by atoms with Crippen molar-refractivity contribution in [3.8, 4) is 0 Å². The molecular weight excluding hydrogens is 325 g/mol. The summed E-state index contributed by atoms with van der Waals surface area (Å²) in [5.74, 6) is 0.559. The highest BCUT2D eigenvalue weighted by molar-refractivity contribution is 7.99. The highest BCUT2D eigenvalue weighted by Crippen LogP contribution is 2.24. The van der Waals surface area contributed by atoms with Gasteiger partial charge in [-0.1, -0.05) is 48.5 Å². The Hall–Kier alpha value is -1.16. The second-order valence-electron chi connectivity index (χ2n) is 4.39. The fourth-order valence-electron chi connectivity index (χ4n) is 1.74. The van der Waals surface area contributed by atoms with Crippen LogP contribution >= 0.6 is 35.0 Å². The van der Waals surface area contributed by atoms with Gasteiger partial charge in [-0.2, -0.15) is 0 Å². The van der Waals surface area contributed by atoms with Gasteiger partial charge in [-0.3, -0.25) is 4.79 Å². The van der Waals surface area contributed by atoms with Gasteiger partial charge in [0.1, 0.15) is 10.2 Å². The molecule has 2 aromatic carbocycles. The van der Waals surface area contributed by atoms with E-state index in [1.54, 1.807) is 12.1 Å². The molecule has 5 heteroatoms. The van der Waals surface area contributed by atoms with E-state index in [0.29, 0.717) is 5.56 Å². The van der Waals surface area contributed by atoms with Gasteiger partial charge in [0.25, 0.3) is 5.91 Å². The van der Waals surface area contributed by atoms with E-state index in [4.69, 9.17) is 23.2 Å². The number of carbonyl (C=O) groups is 1. The average molecular weight is 340 g/mol. The van der Waals surface area contributed by atoms with Gasteiger partial charge in [-0.25, -0.2) is 0 Å². The van der Waals surface area contributed by atoms with Crippen LogP contribution in [0.5, 0.6) is 0 Å². The standard InChI is InChI=1S/C16H15Cl2NOS/c17-14(18)16(21-11-12-7-3-1-4-8-12)19-15(20)13-9-5-2-6-10-13/h1-10,14,16H,11H2,(H,19,20)/t16-/m0/s1. The smallest absolute Gasteiger partial charge is 0.252 e. The molecule has 2 rings (SSSR count). The van der Waals surface area contributed by atoms with Crippen molar-refractivity contribution >= 4 is 40.9 Å². The summed E-state index contributed by atoms with van der Waals surface area (Å²) >= 11 is 13.5. The normalized spacial score (nSPS) is 12.1. The zero-order valence-electron chi connectivity index (χ0n) is 11.2. The Morgan fingerprint density at radius 1 is 1.00 bits per heavy atom. The Morgan fingerprint density at radius 3 is 2.14 bits per heavy atom. The Balaban J connectivity index is 1.95. The maximum absolute atomic E-state index is 12.1. The van der Waals surface area contributed by atoms with Gasteiger partial charge in [-0.05, 0) is 17.7 Å². The highest BCUT2D eigenvalue weighted by Gasteiger charge is 2.20. The molecule has 1 amide bonds. The van der Waals surface area contributed by atoms with Gasteiger partial charge in [0.05, 0.1) is 0 Å². The van der Waals surface area contributed by atoms with E-state index in [-0.39, 0.29) is 11.3 Å². The molecule has 2 aromatic rings. The summed E-state index contributed by atoms with van der Waals surface area (Å²) < 4.78 is 0. The molecule has 0 saturated heterocycles. The van der Waals surface area contributed by atoms with Crippen LogP contribution in [-0.2, 0) is 5.75 Å². The molecule has 0 aliphatic carbocycles. The van der Waals surface area contributed by atoms with Crippen molar-refractivity contribution in [1.29, 1.82) is 0 Å². The molecule has 2 nitrogen and oxygen atoms in total. The molecule has 0 bridgehead atoms. The van der Waals surface area contributed by atoms with Gasteiger partial charge in [0, 0.05) is 11.3 Å². The first-order valence-electron chi connectivity index (χ1n) is 6.46. The zero-order valence-corrected chi connectivity index (χ0v) is 13.5. The summed E-state index contributed by atoms with van der Waals surface area (Å²) in [6.07, 6.45) is 0. The number of hydrogen-bond donors (Lipinski definition) is 1. The number of thioether (sulfide) groups is 1. The van der Waals surface area contributed by atoms with Crippen molar-refractivity contribution in [3.63, 3.8) is 0 Å². The molecule has 0 aliphatic heterocycles. The van der Waals surface area contributed by atoms with E-state index in [2.05, 4.69) is 5.32 Å². The van der Waals surface area contributed by atoms with Gasteiger partial charge in [0.15, 0.2) is 0 Å². The average Bonchev–Trinajstić information content (AvgIpc) is 2.52. The van der Waals surface area contributed by atoms with E-state index in [1.807, 2.05) is 48.5 Å². The SMILES string of the molecule is O=C(N[C@@H](SCc1ccccc1)C(Cl)Cl)c1ccccc1. The van der Waals surface area contributed by atoms with E-state index >= 15 is 0 Å². The molecule has 0 aliphatic rings. The minimum absolute atomic E-state index is 0.174. The van der Waals surface area contributed by atoms with Gasteiger partial charge >= 0.3 is 0 Å². The second-order valence-corrected chi connectivity index (χ2v) is 6.68. The largest absolute Gasteiger partial charge is 0.337 e. The van der Waals surface area contributed by atoms with E-state index in [9.17, 15) is 4.79 Å². The molecule has 0 heterocycles. The van der Waals surface area contributed by atoms with Crippen LogP contribution in [0.25, 0.3) is 0 Å². The first-order valence-corrected chi connectivity index (χ1v) is 8.38. The molecule has 0 saturated carbocycles. The highest BCUT2D eigenvalue weighted by atomic mass is 35.5. The van der Waals surface area contributed by atoms with Crippen molar-refractivity contribution in [3.05, 3.63) is 71.8 Å². The van der Waals surface area contributed by atoms with Crippen LogP contribution in [-0.4, -0.2) is 16.1 Å². The van der Waals surface area contributed by atoms with Crippen molar-refractivity contribution < 1.29 is 4.79 Å². The van der Waals surface area contributed by atoms with Crippen LogP contribution < -0.4 is 5.32 Å². The summed E-state index contributed by atoms with van der Waals surface area (Å²) in [5, 5.41) is 2.50. The number of nitrogens with one attached hydrogen (secondary N) is 1. The molecule has 1 atom stereocenters. The molecule has 0 spiro atoms. The van der Waals surface area contributed by atoms with Crippen molar-refractivity contribution in [1.82, 2.24) is 5.32 Å². The third-order valence-corrected chi connectivity index (χ3v) is 4.86. The number of carbonyl (C=O) groups excluding carboxylic acids is 1. The fourth-order valence-corrected chi connectivity index (χ4v) is 3.20. The van der Waals surface area contributed by atoms with Crippen molar-refractivity contribution in [2.24, 2.45) is 0 Å². The molecule has 21 heavy (non-hydrogen) atoms. The lowest BCUT2D eigenvalue weighted by Gasteiger charge is -2.19. The summed E-state index contributed by atoms with van der Waals surface area (Å²) in [7, 11) is 0. The third kappa shape index (κ3) is 5.27. The molecular formula is C16H15Cl2NOS. The van der Waals surface area contributed by atoms with Crippen LogP contribution in [0.2, 0.25) is 0 Å². The number of amides is 1. The molecule has 1 N–H and O–H groups in total. The molecule has 0 unspecified atom stereocenters. The minimum atomic E-state index is -0.675. The summed E-state index contributed by atoms with van der Waals surface area (Å²) in [6.45, 7) is 0. The van der Waals surface area contributed by atoms with Crippen LogP contribution in [0, 0.1) is 0 Å². The molecule has 0 aromatic heterocycles. The minimum Gasteiger partial charge on any atom is -0.337 e. The van der Waals surface area contributed by atoms with Crippen molar-refractivity contribution in [2.75, 3.05) is 0 Å². The van der Waals surface area contributed by atoms with Gasteiger partial charge in [0.2, 0.25) is 0 Å². The monoisotopic (exact) mass is 339 g/mol. The van der Waals surface area contributed by atoms with E-state index in [1.165, 1.54) is 11.8 Å². The van der Waals surface area contributed by atoms with Crippen molar-refractivity contribution in [2.45, 2.75) is 16.0 Å². The topological polar surface area (TPSA) is 29.1 Å². The molecule has 0 radical (unpaired) electrons. The van der Waals surface area contributed by atoms with E-state index in [0.717, 1.165) is 11.3 Å². The number of halogens is 2. The zero-order chi connectivity index (χ0) is 15.1. The summed E-state index contributed by atoms with van der Waals surface area (Å²) in [4.78, 5) is 11.5. The lowest BCUT2D eigenvalue weighted by atomic mass is 10.2. The first-order chi connectivity index (χ1) is 10.2. The summed E-state index contributed by atoms with van der Waals surface area (Å²) in [6, 6.07) is 19.0. The molecule has 0 fully saturated rings. The van der Waals surface area contributed by atoms with Crippen LogP contribution in [0.15, 0.2) is 60.7 Å². The van der Waals surface area contributed by atoms with Gasteiger partial charge < -0.3 is 5.32 Å². The maximum Gasteiger partial charge on any atom is 0.252 e. The maximum atomic E-state index is 12.1. The quantitative estimate of drug-likeness (QED) is 0.621. The van der Waals surface area contributed by atoms with Crippen LogP contribution in [0.3, 0.4) is 0 Å².